The van der Waals surface area contributed by atoms with Crippen molar-refractivity contribution < 1.29 is 9.84 Å². The average Bonchev–Trinajstić information content (AvgIpc) is 2.17. The Balaban J connectivity index is 2.28. The standard InChI is InChI=1S/C10H11Cl2NO2/c11-7-4-13-5-8(12)10(7)9-3-6(14)1-2-15-9/h4-6,9,14H,1-3H2. The number of pyridine rings is 1. The summed E-state index contributed by atoms with van der Waals surface area (Å²) < 4.78 is 5.54. The minimum atomic E-state index is -0.343. The minimum absolute atomic E-state index is 0.225. The Hall–Kier alpha value is -0.350. The number of hydrogen-bond donors (Lipinski definition) is 1. The Morgan fingerprint density at radius 2 is 2.00 bits per heavy atom. The van der Waals surface area contributed by atoms with Gasteiger partial charge in [-0.25, -0.2) is 0 Å². The highest BCUT2D eigenvalue weighted by molar-refractivity contribution is 6.35. The predicted octanol–water partition coefficient (Wildman–Crippen LogP) is 2.60. The molecule has 1 aromatic rings. The maximum absolute atomic E-state index is 9.54. The second kappa shape index (κ2) is 4.66. The average molecular weight is 248 g/mol. The summed E-state index contributed by atoms with van der Waals surface area (Å²) >= 11 is 12.0. The van der Waals surface area contributed by atoms with Gasteiger partial charge in [-0.05, 0) is 6.42 Å². The van der Waals surface area contributed by atoms with Crippen LogP contribution in [0.1, 0.15) is 24.5 Å². The Morgan fingerprint density at radius 3 is 2.60 bits per heavy atom. The summed E-state index contributed by atoms with van der Waals surface area (Å²) in [5.41, 5.74) is 0.729. The van der Waals surface area contributed by atoms with Crippen molar-refractivity contribution >= 4 is 23.2 Å². The van der Waals surface area contributed by atoms with Gasteiger partial charge in [0.25, 0.3) is 0 Å². The molecule has 1 N–H and O–H groups in total. The molecule has 2 rings (SSSR count). The lowest BCUT2D eigenvalue weighted by Gasteiger charge is -2.27. The monoisotopic (exact) mass is 247 g/mol. The van der Waals surface area contributed by atoms with Gasteiger partial charge < -0.3 is 9.84 Å². The molecule has 2 heterocycles. The second-order valence-corrected chi connectivity index (χ2v) is 4.37. The Labute approximate surface area is 98.0 Å². The summed E-state index contributed by atoms with van der Waals surface area (Å²) in [4.78, 5) is 3.88. The van der Waals surface area contributed by atoms with Gasteiger partial charge in [0.15, 0.2) is 0 Å². The highest BCUT2D eigenvalue weighted by Crippen LogP contribution is 2.36. The molecule has 1 aliphatic rings. The first-order valence-corrected chi connectivity index (χ1v) is 5.52. The summed E-state index contributed by atoms with van der Waals surface area (Å²) in [6, 6.07) is 0. The second-order valence-electron chi connectivity index (χ2n) is 3.55. The summed E-state index contributed by atoms with van der Waals surface area (Å²) in [5.74, 6) is 0. The molecule has 1 fully saturated rings. The van der Waals surface area contributed by atoms with E-state index in [0.29, 0.717) is 29.5 Å². The van der Waals surface area contributed by atoms with Gasteiger partial charge in [0.05, 0.1) is 22.3 Å². The number of aromatic nitrogens is 1. The molecule has 1 aromatic heterocycles. The highest BCUT2D eigenvalue weighted by atomic mass is 35.5. The molecule has 1 saturated heterocycles. The van der Waals surface area contributed by atoms with Crippen LogP contribution in [0.25, 0.3) is 0 Å². The van der Waals surface area contributed by atoms with Gasteiger partial charge >= 0.3 is 0 Å². The zero-order valence-electron chi connectivity index (χ0n) is 7.99. The van der Waals surface area contributed by atoms with E-state index in [1.807, 2.05) is 0 Å². The lowest BCUT2D eigenvalue weighted by atomic mass is 10.0. The van der Waals surface area contributed by atoms with Crippen LogP contribution in [0, 0.1) is 0 Å². The maximum Gasteiger partial charge on any atom is 0.0879 e. The molecule has 0 bridgehead atoms. The van der Waals surface area contributed by atoms with Crippen molar-refractivity contribution in [3.8, 4) is 0 Å². The smallest absolute Gasteiger partial charge is 0.0879 e. The molecule has 2 atom stereocenters. The van der Waals surface area contributed by atoms with Crippen molar-refractivity contribution in [1.29, 1.82) is 0 Å². The zero-order valence-corrected chi connectivity index (χ0v) is 9.50. The van der Waals surface area contributed by atoms with E-state index >= 15 is 0 Å². The molecule has 82 valence electrons. The van der Waals surface area contributed by atoms with Crippen molar-refractivity contribution in [3.63, 3.8) is 0 Å². The van der Waals surface area contributed by atoms with E-state index in [-0.39, 0.29) is 12.2 Å². The van der Waals surface area contributed by atoms with Gasteiger partial charge in [-0.15, -0.1) is 0 Å². The first-order chi connectivity index (χ1) is 7.18. The number of aliphatic hydroxyl groups is 1. The third kappa shape index (κ3) is 2.42. The molecule has 1 aliphatic heterocycles. The summed E-state index contributed by atoms with van der Waals surface area (Å²) in [7, 11) is 0. The van der Waals surface area contributed by atoms with Crippen LogP contribution < -0.4 is 0 Å². The minimum Gasteiger partial charge on any atom is -0.393 e. The normalized spacial score (nSPS) is 26.6. The lowest BCUT2D eigenvalue weighted by molar-refractivity contribution is -0.0447. The molecular weight excluding hydrogens is 237 g/mol. The Morgan fingerprint density at radius 1 is 1.33 bits per heavy atom. The van der Waals surface area contributed by atoms with E-state index < -0.39 is 0 Å². The molecule has 0 aliphatic carbocycles. The van der Waals surface area contributed by atoms with Crippen molar-refractivity contribution in [1.82, 2.24) is 4.98 Å². The van der Waals surface area contributed by atoms with E-state index in [2.05, 4.69) is 4.98 Å². The van der Waals surface area contributed by atoms with Crippen LogP contribution in [0.2, 0.25) is 10.0 Å². The van der Waals surface area contributed by atoms with E-state index in [4.69, 9.17) is 27.9 Å². The van der Waals surface area contributed by atoms with E-state index in [0.717, 1.165) is 5.56 Å². The van der Waals surface area contributed by atoms with Crippen molar-refractivity contribution in [2.45, 2.75) is 25.0 Å². The highest BCUT2D eigenvalue weighted by Gasteiger charge is 2.26. The van der Waals surface area contributed by atoms with Crippen LogP contribution in [0.5, 0.6) is 0 Å². The lowest BCUT2D eigenvalue weighted by Crippen LogP contribution is -2.23. The SMILES string of the molecule is OC1CCOC(c2c(Cl)cncc2Cl)C1. The third-order valence-corrected chi connectivity index (χ3v) is 3.07. The summed E-state index contributed by atoms with van der Waals surface area (Å²) in [6.45, 7) is 0.529. The number of rotatable bonds is 1. The van der Waals surface area contributed by atoms with Gasteiger partial charge in [0, 0.05) is 31.0 Å². The first kappa shape index (κ1) is 11.1. The van der Waals surface area contributed by atoms with Crippen LogP contribution in [0.4, 0.5) is 0 Å². The fourth-order valence-corrected chi connectivity index (χ4v) is 2.32. The number of ether oxygens (including phenoxy) is 1. The molecule has 0 spiro atoms. The molecule has 3 nitrogen and oxygen atoms in total. The van der Waals surface area contributed by atoms with Crippen LogP contribution in [-0.2, 0) is 4.74 Å². The van der Waals surface area contributed by atoms with Crippen LogP contribution >= 0.6 is 23.2 Å². The van der Waals surface area contributed by atoms with Crippen LogP contribution in [0.3, 0.4) is 0 Å². The van der Waals surface area contributed by atoms with Crippen molar-refractivity contribution in [2.75, 3.05) is 6.61 Å². The summed E-state index contributed by atoms with van der Waals surface area (Å²) in [5, 5.41) is 10.5. The van der Waals surface area contributed by atoms with Gasteiger partial charge in [-0.2, -0.15) is 0 Å². The predicted molar refractivity (Wildman–Crippen MR) is 58.2 cm³/mol. The molecule has 0 radical (unpaired) electrons. The van der Waals surface area contributed by atoms with Crippen molar-refractivity contribution in [2.24, 2.45) is 0 Å². The zero-order chi connectivity index (χ0) is 10.8. The number of aliphatic hydroxyl groups excluding tert-OH is 1. The molecule has 15 heavy (non-hydrogen) atoms. The number of halogens is 2. The van der Waals surface area contributed by atoms with E-state index in [1.54, 1.807) is 0 Å². The van der Waals surface area contributed by atoms with Gasteiger partial charge in [-0.3, -0.25) is 4.98 Å². The van der Waals surface area contributed by atoms with Gasteiger partial charge in [-0.1, -0.05) is 23.2 Å². The maximum atomic E-state index is 9.54. The first-order valence-electron chi connectivity index (χ1n) is 4.77. The van der Waals surface area contributed by atoms with Crippen LogP contribution in [-0.4, -0.2) is 22.8 Å². The van der Waals surface area contributed by atoms with Crippen LogP contribution in [0.15, 0.2) is 12.4 Å². The fourth-order valence-electron chi connectivity index (χ4n) is 1.71. The fraction of sp³-hybridized carbons (Fsp3) is 0.500. The third-order valence-electron chi connectivity index (χ3n) is 2.47. The topological polar surface area (TPSA) is 42.4 Å². The van der Waals surface area contributed by atoms with Gasteiger partial charge in [0.1, 0.15) is 0 Å². The van der Waals surface area contributed by atoms with Gasteiger partial charge in [0.2, 0.25) is 0 Å². The quantitative estimate of drug-likeness (QED) is 0.830. The van der Waals surface area contributed by atoms with Crippen molar-refractivity contribution in [3.05, 3.63) is 28.0 Å². The molecule has 0 aromatic carbocycles. The number of hydrogen-bond acceptors (Lipinski definition) is 3. The molecule has 0 saturated carbocycles. The molecule has 2 unspecified atom stereocenters. The molecule has 0 amide bonds. The summed E-state index contributed by atoms with van der Waals surface area (Å²) in [6.07, 6.45) is 3.70. The molecule has 5 heteroatoms. The number of nitrogens with zero attached hydrogens (tertiary/aromatic N) is 1. The Bertz CT molecular complexity index is 339. The largest absolute Gasteiger partial charge is 0.393 e. The van der Waals surface area contributed by atoms with E-state index in [9.17, 15) is 5.11 Å². The van der Waals surface area contributed by atoms with E-state index in [1.165, 1.54) is 12.4 Å². The molecular formula is C10H11Cl2NO2. The Kier molecular flexibility index (Phi) is 3.46.